The molecule has 0 saturated heterocycles. The van der Waals surface area contributed by atoms with E-state index >= 15 is 0 Å². The summed E-state index contributed by atoms with van der Waals surface area (Å²) < 4.78 is 15.7. The Bertz CT molecular complexity index is 496. The molecule has 0 fully saturated rings. The summed E-state index contributed by atoms with van der Waals surface area (Å²) in [5, 5.41) is 3.64. The summed E-state index contributed by atoms with van der Waals surface area (Å²) >= 11 is 5.70. The average molecular weight is 282 g/mol. The van der Waals surface area contributed by atoms with Crippen molar-refractivity contribution in [3.63, 3.8) is 0 Å². The van der Waals surface area contributed by atoms with Gasteiger partial charge in [-0.1, -0.05) is 0 Å². The normalized spacial score (nSPS) is 10.4. The highest BCUT2D eigenvalue weighted by Crippen LogP contribution is 2.18. The zero-order valence-electron chi connectivity index (χ0n) is 10.7. The molecule has 0 aliphatic rings. The van der Waals surface area contributed by atoms with Crippen LogP contribution in [0.2, 0.25) is 5.22 Å². The minimum absolute atomic E-state index is 0.402. The number of furan rings is 1. The second-order valence-electron chi connectivity index (χ2n) is 3.93. The molecule has 0 aliphatic heterocycles. The van der Waals surface area contributed by atoms with E-state index in [0.717, 1.165) is 17.2 Å². The van der Waals surface area contributed by atoms with Gasteiger partial charge in [-0.05, 0) is 48.0 Å². The number of anilines is 1. The maximum atomic E-state index is 5.70. The van der Waals surface area contributed by atoms with Gasteiger partial charge in [0, 0.05) is 12.8 Å². The molecule has 0 aliphatic carbocycles. The van der Waals surface area contributed by atoms with Crippen molar-refractivity contribution in [3.05, 3.63) is 47.4 Å². The largest absolute Gasteiger partial charge is 0.491 e. The van der Waals surface area contributed by atoms with Gasteiger partial charge in [0.05, 0.1) is 13.2 Å². The number of hydrogen-bond acceptors (Lipinski definition) is 4. The molecule has 0 unspecified atom stereocenters. The molecular weight excluding hydrogens is 266 g/mol. The highest BCUT2D eigenvalue weighted by Gasteiger charge is 2.00. The zero-order chi connectivity index (χ0) is 13.5. The summed E-state index contributed by atoms with van der Waals surface area (Å²) in [5.41, 5.74) is 0.992. The number of benzene rings is 1. The van der Waals surface area contributed by atoms with Crippen LogP contribution >= 0.6 is 11.6 Å². The van der Waals surface area contributed by atoms with Crippen molar-refractivity contribution in [2.24, 2.45) is 0 Å². The van der Waals surface area contributed by atoms with Crippen LogP contribution < -0.4 is 10.1 Å². The summed E-state index contributed by atoms with van der Waals surface area (Å²) in [7, 11) is 1.65. The molecular formula is C14H16ClNO3. The summed E-state index contributed by atoms with van der Waals surface area (Å²) in [6.07, 6.45) is 0. The fraction of sp³-hybridized carbons (Fsp3) is 0.286. The van der Waals surface area contributed by atoms with Crippen LogP contribution in [0.25, 0.3) is 0 Å². The Morgan fingerprint density at radius 2 is 1.89 bits per heavy atom. The van der Waals surface area contributed by atoms with Crippen molar-refractivity contribution in [2.75, 3.05) is 25.6 Å². The van der Waals surface area contributed by atoms with Gasteiger partial charge in [0.1, 0.15) is 18.1 Å². The van der Waals surface area contributed by atoms with Crippen LogP contribution in [0.3, 0.4) is 0 Å². The molecule has 102 valence electrons. The first-order chi connectivity index (χ1) is 9.28. The zero-order valence-corrected chi connectivity index (χ0v) is 11.4. The predicted octanol–water partition coefficient (Wildman–Crippen LogP) is 3.57. The van der Waals surface area contributed by atoms with Crippen LogP contribution in [0.15, 0.2) is 40.8 Å². The molecule has 0 bridgehead atoms. The molecule has 2 aromatic rings. The Kier molecular flexibility index (Phi) is 5.12. The quantitative estimate of drug-likeness (QED) is 0.788. The third-order valence-corrected chi connectivity index (χ3v) is 2.71. The molecule has 1 aromatic heterocycles. The maximum absolute atomic E-state index is 5.70. The average Bonchev–Trinajstić information content (AvgIpc) is 2.84. The van der Waals surface area contributed by atoms with E-state index in [2.05, 4.69) is 5.32 Å². The molecule has 0 spiro atoms. The topological polar surface area (TPSA) is 43.6 Å². The lowest BCUT2D eigenvalue weighted by atomic mass is 10.3. The van der Waals surface area contributed by atoms with E-state index in [4.69, 9.17) is 25.5 Å². The summed E-state index contributed by atoms with van der Waals surface area (Å²) in [6.45, 7) is 1.73. The SMILES string of the molecule is COCCOc1ccc(NCc2ccc(Cl)o2)cc1. The smallest absolute Gasteiger partial charge is 0.193 e. The number of hydrogen-bond donors (Lipinski definition) is 1. The molecule has 1 N–H and O–H groups in total. The standard InChI is InChI=1S/C14H16ClNO3/c1-17-8-9-18-12-4-2-11(3-5-12)16-10-13-6-7-14(15)19-13/h2-7,16H,8-10H2,1H3. The fourth-order valence-electron chi connectivity index (χ4n) is 1.55. The monoisotopic (exact) mass is 281 g/mol. The van der Waals surface area contributed by atoms with Crippen molar-refractivity contribution >= 4 is 17.3 Å². The van der Waals surface area contributed by atoms with Gasteiger partial charge >= 0.3 is 0 Å². The summed E-state index contributed by atoms with van der Waals surface area (Å²) in [4.78, 5) is 0. The van der Waals surface area contributed by atoms with Gasteiger partial charge in [-0.15, -0.1) is 0 Å². The Balaban J connectivity index is 1.81. The van der Waals surface area contributed by atoms with E-state index < -0.39 is 0 Å². The van der Waals surface area contributed by atoms with Crippen LogP contribution in [0.4, 0.5) is 5.69 Å². The minimum Gasteiger partial charge on any atom is -0.491 e. The molecule has 1 heterocycles. The minimum atomic E-state index is 0.402. The molecule has 0 amide bonds. The Hall–Kier alpha value is -1.65. The Morgan fingerprint density at radius 1 is 1.11 bits per heavy atom. The maximum Gasteiger partial charge on any atom is 0.193 e. The van der Waals surface area contributed by atoms with Crippen molar-refractivity contribution in [1.29, 1.82) is 0 Å². The third kappa shape index (κ3) is 4.50. The summed E-state index contributed by atoms with van der Waals surface area (Å²) in [5.74, 6) is 1.62. The molecule has 0 saturated carbocycles. The van der Waals surface area contributed by atoms with Crippen molar-refractivity contribution in [1.82, 2.24) is 0 Å². The van der Waals surface area contributed by atoms with E-state index in [-0.39, 0.29) is 0 Å². The van der Waals surface area contributed by atoms with Gasteiger partial charge in [-0.25, -0.2) is 0 Å². The lowest BCUT2D eigenvalue weighted by Crippen LogP contribution is -2.04. The molecule has 2 rings (SSSR count). The second kappa shape index (κ2) is 7.07. The first-order valence-electron chi connectivity index (χ1n) is 5.98. The van der Waals surface area contributed by atoms with Gasteiger partial charge in [0.2, 0.25) is 0 Å². The van der Waals surface area contributed by atoms with Crippen molar-refractivity contribution < 1.29 is 13.9 Å². The summed E-state index contributed by atoms with van der Waals surface area (Å²) in [6, 6.07) is 11.3. The van der Waals surface area contributed by atoms with Crippen LogP contribution in [-0.2, 0) is 11.3 Å². The van der Waals surface area contributed by atoms with Crippen LogP contribution in [0.1, 0.15) is 5.76 Å². The van der Waals surface area contributed by atoms with Crippen LogP contribution in [0.5, 0.6) is 5.75 Å². The highest BCUT2D eigenvalue weighted by molar-refractivity contribution is 6.28. The molecule has 5 heteroatoms. The van der Waals surface area contributed by atoms with Gasteiger partial charge in [0.15, 0.2) is 5.22 Å². The van der Waals surface area contributed by atoms with E-state index in [1.165, 1.54) is 0 Å². The molecule has 0 radical (unpaired) electrons. The molecule has 19 heavy (non-hydrogen) atoms. The molecule has 0 atom stereocenters. The highest BCUT2D eigenvalue weighted by atomic mass is 35.5. The van der Waals surface area contributed by atoms with Crippen molar-refractivity contribution in [3.8, 4) is 5.75 Å². The predicted molar refractivity (Wildman–Crippen MR) is 74.9 cm³/mol. The van der Waals surface area contributed by atoms with E-state index in [1.54, 1.807) is 13.2 Å². The van der Waals surface area contributed by atoms with E-state index in [9.17, 15) is 0 Å². The first-order valence-corrected chi connectivity index (χ1v) is 6.35. The number of methoxy groups -OCH3 is 1. The molecule has 4 nitrogen and oxygen atoms in total. The first kappa shape index (κ1) is 13.8. The van der Waals surface area contributed by atoms with Crippen LogP contribution in [-0.4, -0.2) is 20.3 Å². The van der Waals surface area contributed by atoms with Gasteiger partial charge in [-0.2, -0.15) is 0 Å². The Morgan fingerprint density at radius 3 is 2.53 bits per heavy atom. The van der Waals surface area contributed by atoms with Crippen LogP contribution in [0, 0.1) is 0 Å². The lowest BCUT2D eigenvalue weighted by molar-refractivity contribution is 0.146. The van der Waals surface area contributed by atoms with E-state index in [0.29, 0.717) is 25.0 Å². The number of rotatable bonds is 7. The Labute approximate surface area is 117 Å². The number of ether oxygens (including phenoxy) is 2. The van der Waals surface area contributed by atoms with Gasteiger partial charge in [-0.3, -0.25) is 0 Å². The van der Waals surface area contributed by atoms with Crippen molar-refractivity contribution in [2.45, 2.75) is 6.54 Å². The number of halogens is 1. The second-order valence-corrected chi connectivity index (χ2v) is 4.30. The van der Waals surface area contributed by atoms with Gasteiger partial charge < -0.3 is 19.2 Å². The van der Waals surface area contributed by atoms with E-state index in [1.807, 2.05) is 30.3 Å². The molecule has 1 aromatic carbocycles. The number of nitrogens with one attached hydrogen (secondary N) is 1. The third-order valence-electron chi connectivity index (χ3n) is 2.51. The fourth-order valence-corrected chi connectivity index (χ4v) is 1.71. The van der Waals surface area contributed by atoms with Gasteiger partial charge in [0.25, 0.3) is 0 Å². The lowest BCUT2D eigenvalue weighted by Gasteiger charge is -2.07.